The molecule has 0 bridgehead atoms. The van der Waals surface area contributed by atoms with Crippen molar-refractivity contribution < 1.29 is 23.5 Å². The molecule has 0 atom stereocenters. The lowest BCUT2D eigenvalue weighted by Gasteiger charge is -2.18. The fraction of sp³-hybridized carbons (Fsp3) is 0.667. The highest BCUT2D eigenvalue weighted by Crippen LogP contribution is 2.21. The Morgan fingerprint density at radius 1 is 1.33 bits per heavy atom. The largest absolute Gasteiger partial charge is 0.476 e. The lowest BCUT2D eigenvalue weighted by molar-refractivity contribution is -0.130. The second-order valence-electron chi connectivity index (χ2n) is 4.32. The third-order valence-electron chi connectivity index (χ3n) is 3.06. The summed E-state index contributed by atoms with van der Waals surface area (Å²) in [6.45, 7) is 4.90. The zero-order valence-electron chi connectivity index (χ0n) is 11.9. The Morgan fingerprint density at radius 2 is 1.95 bits per heavy atom. The predicted molar refractivity (Wildman–Crippen MR) is 69.1 cm³/mol. The second-order valence-corrected chi connectivity index (χ2v) is 4.32. The number of aryl methyl sites for hydroxylation is 1. The van der Waals surface area contributed by atoms with Gasteiger partial charge in [-0.3, -0.25) is 4.79 Å². The van der Waals surface area contributed by atoms with E-state index in [2.05, 4.69) is 10.3 Å². The molecule has 0 unspecified atom stereocenters. The number of amides is 1. The Morgan fingerprint density at radius 3 is 2.43 bits per heavy atom. The molecule has 1 amide bonds. The average Bonchev–Trinajstić information content (AvgIpc) is 2.84. The van der Waals surface area contributed by atoms with Gasteiger partial charge in [-0.2, -0.15) is 0 Å². The van der Waals surface area contributed by atoms with E-state index in [1.54, 1.807) is 4.90 Å². The van der Waals surface area contributed by atoms with Crippen molar-refractivity contribution in [2.24, 2.45) is 0 Å². The van der Waals surface area contributed by atoms with Gasteiger partial charge in [0.05, 0.1) is 0 Å². The van der Waals surface area contributed by atoms with Gasteiger partial charge < -0.3 is 10.0 Å². The van der Waals surface area contributed by atoms with Crippen LogP contribution >= 0.6 is 0 Å². The van der Waals surface area contributed by atoms with Gasteiger partial charge in [0.1, 0.15) is 5.69 Å². The molecule has 0 fully saturated rings. The molecule has 1 aromatic rings. The Bertz CT molecular complexity index is 501. The summed E-state index contributed by atoms with van der Waals surface area (Å²) in [5, 5.41) is 15.4. The number of carbonyl (C=O) groups is 2. The Hall–Kier alpha value is -2.06. The van der Waals surface area contributed by atoms with Crippen LogP contribution in [0, 0.1) is 0 Å². The van der Waals surface area contributed by atoms with Gasteiger partial charge >= 0.3 is 5.97 Å². The van der Waals surface area contributed by atoms with Crippen LogP contribution in [0.15, 0.2) is 0 Å². The number of aromatic nitrogens is 3. The van der Waals surface area contributed by atoms with Crippen LogP contribution in [0.5, 0.6) is 0 Å². The molecule has 0 aromatic carbocycles. The quantitative estimate of drug-likeness (QED) is 0.787. The molecule has 1 N–H and O–H groups in total. The van der Waals surface area contributed by atoms with Crippen molar-refractivity contribution in [1.29, 1.82) is 0 Å². The maximum absolute atomic E-state index is 12.9. The molecule has 0 saturated carbocycles. The lowest BCUT2D eigenvalue weighted by Crippen LogP contribution is -2.30. The van der Waals surface area contributed by atoms with E-state index in [0.717, 1.165) is 4.68 Å². The van der Waals surface area contributed by atoms with Gasteiger partial charge in [-0.05, 0) is 20.3 Å². The fourth-order valence-electron chi connectivity index (χ4n) is 1.97. The first-order chi connectivity index (χ1) is 9.92. The van der Waals surface area contributed by atoms with Crippen LogP contribution < -0.4 is 0 Å². The summed E-state index contributed by atoms with van der Waals surface area (Å²) in [7, 11) is 0. The second kappa shape index (κ2) is 7.65. The maximum atomic E-state index is 12.9. The summed E-state index contributed by atoms with van der Waals surface area (Å²) in [4.78, 5) is 24.2. The molecule has 7 nitrogen and oxygen atoms in total. The summed E-state index contributed by atoms with van der Waals surface area (Å²) >= 11 is 0. The first kappa shape index (κ1) is 17.0. The van der Waals surface area contributed by atoms with Gasteiger partial charge in [0, 0.05) is 26.1 Å². The van der Waals surface area contributed by atoms with Gasteiger partial charge in [0.15, 0.2) is 5.69 Å². The van der Waals surface area contributed by atoms with Crippen LogP contribution in [0.3, 0.4) is 0 Å². The van der Waals surface area contributed by atoms with Crippen LogP contribution in [0.1, 0.15) is 49.3 Å². The van der Waals surface area contributed by atoms with Crippen LogP contribution in [-0.4, -0.2) is 50.0 Å². The average molecular weight is 304 g/mol. The van der Waals surface area contributed by atoms with Crippen molar-refractivity contribution in [3.63, 3.8) is 0 Å². The molecular weight excluding hydrogens is 286 g/mol. The minimum absolute atomic E-state index is 0.0208. The van der Waals surface area contributed by atoms with E-state index in [9.17, 15) is 18.4 Å². The number of halogens is 2. The Labute approximate surface area is 120 Å². The van der Waals surface area contributed by atoms with Gasteiger partial charge in [-0.1, -0.05) is 5.21 Å². The van der Waals surface area contributed by atoms with Crippen molar-refractivity contribution in [3.8, 4) is 0 Å². The van der Waals surface area contributed by atoms with E-state index >= 15 is 0 Å². The molecular formula is C12H18F2N4O3. The predicted octanol–water partition coefficient (Wildman–Crippen LogP) is 1.56. The highest BCUT2D eigenvalue weighted by molar-refractivity contribution is 5.86. The zero-order chi connectivity index (χ0) is 16.0. The number of carbonyl (C=O) groups excluding carboxylic acids is 1. The van der Waals surface area contributed by atoms with E-state index in [-0.39, 0.29) is 25.3 Å². The number of nitrogens with zero attached hydrogens (tertiary/aromatic N) is 4. The van der Waals surface area contributed by atoms with Crippen molar-refractivity contribution >= 4 is 11.9 Å². The van der Waals surface area contributed by atoms with E-state index in [0.29, 0.717) is 13.1 Å². The molecule has 1 aromatic heterocycles. The molecule has 0 radical (unpaired) electrons. The highest BCUT2D eigenvalue weighted by Gasteiger charge is 2.26. The van der Waals surface area contributed by atoms with Gasteiger partial charge in [0.2, 0.25) is 5.91 Å². The number of hydrogen-bond acceptors (Lipinski definition) is 4. The Balaban J connectivity index is 2.68. The summed E-state index contributed by atoms with van der Waals surface area (Å²) in [5.41, 5.74) is -1.47. The first-order valence-electron chi connectivity index (χ1n) is 6.64. The molecule has 118 valence electrons. The topological polar surface area (TPSA) is 88.3 Å². The molecule has 0 aliphatic heterocycles. The normalized spacial score (nSPS) is 10.9. The van der Waals surface area contributed by atoms with Crippen LogP contribution in [-0.2, 0) is 11.3 Å². The third kappa shape index (κ3) is 4.20. The number of hydrogen-bond donors (Lipinski definition) is 1. The number of carboxylic acids is 1. The minimum atomic E-state index is -2.98. The van der Waals surface area contributed by atoms with Crippen molar-refractivity contribution in [1.82, 2.24) is 19.9 Å². The molecule has 1 rings (SSSR count). The smallest absolute Gasteiger partial charge is 0.358 e. The summed E-state index contributed by atoms with van der Waals surface area (Å²) in [6, 6.07) is 0. The summed E-state index contributed by atoms with van der Waals surface area (Å²) in [5.74, 6) is -1.62. The van der Waals surface area contributed by atoms with Crippen LogP contribution in [0.4, 0.5) is 8.78 Å². The van der Waals surface area contributed by atoms with E-state index in [1.807, 2.05) is 13.8 Å². The van der Waals surface area contributed by atoms with Crippen molar-refractivity contribution in [2.45, 2.75) is 39.7 Å². The summed E-state index contributed by atoms with van der Waals surface area (Å²) in [6.07, 6.45) is -2.51. The van der Waals surface area contributed by atoms with Gasteiger partial charge in [-0.15, -0.1) is 5.10 Å². The number of rotatable bonds is 8. The van der Waals surface area contributed by atoms with Gasteiger partial charge in [-0.25, -0.2) is 18.3 Å². The minimum Gasteiger partial charge on any atom is -0.476 e. The third-order valence-corrected chi connectivity index (χ3v) is 3.06. The molecule has 0 saturated heterocycles. The molecule has 0 aliphatic carbocycles. The van der Waals surface area contributed by atoms with Crippen molar-refractivity contribution in [3.05, 3.63) is 11.4 Å². The number of alkyl halides is 2. The SMILES string of the molecule is CCN(CC)C(=O)CCCn1nnc(C(=O)O)c1C(F)F. The Kier molecular flexibility index (Phi) is 6.19. The monoisotopic (exact) mass is 304 g/mol. The van der Waals surface area contributed by atoms with E-state index in [4.69, 9.17) is 5.11 Å². The summed E-state index contributed by atoms with van der Waals surface area (Å²) < 4.78 is 26.6. The van der Waals surface area contributed by atoms with Crippen molar-refractivity contribution in [2.75, 3.05) is 13.1 Å². The fourth-order valence-corrected chi connectivity index (χ4v) is 1.97. The van der Waals surface area contributed by atoms with E-state index in [1.165, 1.54) is 0 Å². The van der Waals surface area contributed by atoms with Gasteiger partial charge in [0.25, 0.3) is 6.43 Å². The van der Waals surface area contributed by atoms with E-state index < -0.39 is 23.8 Å². The molecule has 0 spiro atoms. The number of carboxylic acid groups (broad SMARTS) is 1. The zero-order valence-corrected chi connectivity index (χ0v) is 11.9. The maximum Gasteiger partial charge on any atom is 0.358 e. The lowest BCUT2D eigenvalue weighted by atomic mass is 10.2. The van der Waals surface area contributed by atoms with Crippen LogP contribution in [0.2, 0.25) is 0 Å². The molecule has 21 heavy (non-hydrogen) atoms. The highest BCUT2D eigenvalue weighted by atomic mass is 19.3. The molecule has 1 heterocycles. The molecule has 9 heteroatoms. The molecule has 0 aliphatic rings. The number of aromatic carboxylic acids is 1. The van der Waals surface area contributed by atoms with Crippen LogP contribution in [0.25, 0.3) is 0 Å². The standard InChI is InChI=1S/C12H18F2N4O3/c1-3-17(4-2)8(19)6-5-7-18-10(11(13)14)9(12(20)21)15-16-18/h11H,3-7H2,1-2H3,(H,20,21). The first-order valence-corrected chi connectivity index (χ1v) is 6.64.